The summed E-state index contributed by atoms with van der Waals surface area (Å²) in [5.74, 6) is -0.0818. The number of carbonyl (C=O) groups is 3. The van der Waals surface area contributed by atoms with Gasteiger partial charge in [0.1, 0.15) is 11.4 Å². The van der Waals surface area contributed by atoms with Gasteiger partial charge in [0, 0.05) is 37.8 Å². The van der Waals surface area contributed by atoms with Crippen molar-refractivity contribution in [2.75, 3.05) is 31.6 Å². The molecule has 0 aliphatic carbocycles. The highest BCUT2D eigenvalue weighted by molar-refractivity contribution is 6.00. The Bertz CT molecular complexity index is 699. The van der Waals surface area contributed by atoms with Gasteiger partial charge in [-0.1, -0.05) is 6.07 Å². The van der Waals surface area contributed by atoms with Gasteiger partial charge >= 0.3 is 6.09 Å². The summed E-state index contributed by atoms with van der Waals surface area (Å²) in [6.45, 7) is 6.17. The predicted molar refractivity (Wildman–Crippen MR) is 101 cm³/mol. The summed E-state index contributed by atoms with van der Waals surface area (Å²) in [4.78, 5) is 37.7. The van der Waals surface area contributed by atoms with Gasteiger partial charge in [-0.05, 0) is 32.9 Å². The Morgan fingerprint density at radius 3 is 2.59 bits per heavy atom. The molecule has 3 amide bonds. The van der Waals surface area contributed by atoms with E-state index in [1.54, 1.807) is 51.0 Å². The van der Waals surface area contributed by atoms with Crippen LogP contribution < -0.4 is 20.3 Å². The highest BCUT2D eigenvalue weighted by atomic mass is 16.6. The Labute approximate surface area is 159 Å². The first-order chi connectivity index (χ1) is 12.7. The minimum Gasteiger partial charge on any atom is -0.497 e. The van der Waals surface area contributed by atoms with Crippen molar-refractivity contribution in [2.45, 2.75) is 32.8 Å². The lowest BCUT2D eigenvalue weighted by molar-refractivity contribution is -0.126. The maximum atomic E-state index is 12.3. The number of benzene rings is 1. The first-order valence-electron chi connectivity index (χ1n) is 8.88. The van der Waals surface area contributed by atoms with E-state index in [9.17, 15) is 14.4 Å². The fourth-order valence-corrected chi connectivity index (χ4v) is 2.72. The summed E-state index contributed by atoms with van der Waals surface area (Å²) >= 11 is 0. The highest BCUT2D eigenvalue weighted by Crippen LogP contribution is 2.27. The summed E-state index contributed by atoms with van der Waals surface area (Å²) < 4.78 is 10.3. The molecule has 2 rings (SSSR count). The molecule has 1 aromatic rings. The Kier molecular flexibility index (Phi) is 6.65. The van der Waals surface area contributed by atoms with Gasteiger partial charge < -0.3 is 25.0 Å². The summed E-state index contributed by atoms with van der Waals surface area (Å²) in [6, 6.07) is 7.18. The lowest BCUT2D eigenvalue weighted by Crippen LogP contribution is -2.40. The quantitative estimate of drug-likeness (QED) is 0.736. The van der Waals surface area contributed by atoms with Gasteiger partial charge in [0.25, 0.3) is 0 Å². The number of ether oxygens (including phenoxy) is 2. The maximum Gasteiger partial charge on any atom is 0.407 e. The van der Waals surface area contributed by atoms with Crippen LogP contribution in [0.25, 0.3) is 0 Å². The van der Waals surface area contributed by atoms with Crippen molar-refractivity contribution in [3.05, 3.63) is 24.3 Å². The Hall–Kier alpha value is -2.77. The molecule has 0 saturated carbocycles. The number of alkyl carbamates (subject to hydrolysis) is 1. The molecule has 148 valence electrons. The lowest BCUT2D eigenvalue weighted by Gasteiger charge is -2.20. The zero-order chi connectivity index (χ0) is 20.0. The van der Waals surface area contributed by atoms with Crippen LogP contribution in [0.15, 0.2) is 24.3 Å². The molecule has 1 atom stereocenters. The first kappa shape index (κ1) is 20.5. The van der Waals surface area contributed by atoms with E-state index in [4.69, 9.17) is 9.47 Å². The normalized spacial score (nSPS) is 16.8. The monoisotopic (exact) mass is 377 g/mol. The molecule has 8 nitrogen and oxygen atoms in total. The summed E-state index contributed by atoms with van der Waals surface area (Å²) in [6.07, 6.45) is -0.375. The predicted octanol–water partition coefficient (Wildman–Crippen LogP) is 1.69. The third-order valence-corrected chi connectivity index (χ3v) is 3.95. The number of rotatable bonds is 6. The molecule has 1 saturated heterocycles. The molecule has 1 aromatic carbocycles. The van der Waals surface area contributed by atoms with Crippen molar-refractivity contribution in [1.29, 1.82) is 0 Å². The van der Waals surface area contributed by atoms with Crippen LogP contribution in [0.4, 0.5) is 10.5 Å². The van der Waals surface area contributed by atoms with Crippen LogP contribution in [0.1, 0.15) is 27.2 Å². The minimum atomic E-state index is -0.568. The number of nitrogens with one attached hydrogen (secondary N) is 2. The third kappa shape index (κ3) is 6.16. The highest BCUT2D eigenvalue weighted by Gasteiger charge is 2.35. The molecule has 0 aromatic heterocycles. The van der Waals surface area contributed by atoms with Crippen molar-refractivity contribution in [3.8, 4) is 5.75 Å². The zero-order valence-corrected chi connectivity index (χ0v) is 16.2. The van der Waals surface area contributed by atoms with Crippen molar-refractivity contribution in [1.82, 2.24) is 10.6 Å². The van der Waals surface area contributed by atoms with Gasteiger partial charge in [0.05, 0.1) is 13.0 Å². The van der Waals surface area contributed by atoms with E-state index in [1.807, 2.05) is 6.07 Å². The zero-order valence-electron chi connectivity index (χ0n) is 16.2. The third-order valence-electron chi connectivity index (χ3n) is 3.95. The molecule has 1 aliphatic rings. The second-order valence-electron chi connectivity index (χ2n) is 7.33. The number of methoxy groups -OCH3 is 1. The summed E-state index contributed by atoms with van der Waals surface area (Å²) in [5, 5.41) is 5.32. The van der Waals surface area contributed by atoms with Gasteiger partial charge in [-0.25, -0.2) is 4.79 Å². The van der Waals surface area contributed by atoms with Crippen molar-refractivity contribution in [2.24, 2.45) is 5.92 Å². The molecule has 1 aliphatic heterocycles. The average Bonchev–Trinajstić information content (AvgIpc) is 2.99. The van der Waals surface area contributed by atoms with E-state index < -0.39 is 17.6 Å². The molecule has 0 unspecified atom stereocenters. The minimum absolute atomic E-state index is 0.102. The van der Waals surface area contributed by atoms with E-state index in [0.29, 0.717) is 18.0 Å². The standard InChI is InChI=1S/C19H27N3O5/c1-19(2,3)27-18(25)21-9-8-20-17(24)13-10-16(23)22(12-13)14-6-5-7-15(11-14)26-4/h5-7,11,13H,8-10,12H2,1-4H3,(H,20,24)(H,21,25)/t13-/m0/s1. The SMILES string of the molecule is COc1cccc(N2C[C@@H](C(=O)NCCNC(=O)OC(C)(C)C)CC2=O)c1. The van der Waals surface area contributed by atoms with Gasteiger partial charge in [-0.15, -0.1) is 0 Å². The van der Waals surface area contributed by atoms with Crippen molar-refractivity contribution in [3.63, 3.8) is 0 Å². The first-order valence-corrected chi connectivity index (χ1v) is 8.88. The largest absolute Gasteiger partial charge is 0.497 e. The molecule has 0 radical (unpaired) electrons. The van der Waals surface area contributed by atoms with Crippen LogP contribution >= 0.6 is 0 Å². The van der Waals surface area contributed by atoms with Crippen LogP contribution in [0.5, 0.6) is 5.75 Å². The molecule has 0 spiro atoms. The number of amides is 3. The number of anilines is 1. The lowest BCUT2D eigenvalue weighted by atomic mass is 10.1. The van der Waals surface area contributed by atoms with Gasteiger partial charge in [-0.2, -0.15) is 0 Å². The number of hydrogen-bond acceptors (Lipinski definition) is 5. The molecule has 1 fully saturated rings. The molecule has 27 heavy (non-hydrogen) atoms. The second kappa shape index (κ2) is 8.75. The molecule has 2 N–H and O–H groups in total. The average molecular weight is 377 g/mol. The fourth-order valence-electron chi connectivity index (χ4n) is 2.72. The Morgan fingerprint density at radius 1 is 1.22 bits per heavy atom. The summed E-state index contributed by atoms with van der Waals surface area (Å²) in [5.41, 5.74) is 0.141. The second-order valence-corrected chi connectivity index (χ2v) is 7.33. The van der Waals surface area contributed by atoms with Crippen LogP contribution in [0.3, 0.4) is 0 Å². The van der Waals surface area contributed by atoms with Crippen LogP contribution in [-0.2, 0) is 14.3 Å². The van der Waals surface area contributed by atoms with Gasteiger partial charge in [0.15, 0.2) is 0 Å². The number of nitrogens with zero attached hydrogens (tertiary/aromatic N) is 1. The van der Waals surface area contributed by atoms with E-state index in [-0.39, 0.29) is 31.3 Å². The Balaban J connectivity index is 1.79. The van der Waals surface area contributed by atoms with E-state index >= 15 is 0 Å². The molecule has 1 heterocycles. The molecule has 8 heteroatoms. The van der Waals surface area contributed by atoms with E-state index in [0.717, 1.165) is 0 Å². The molecular weight excluding hydrogens is 350 g/mol. The Morgan fingerprint density at radius 2 is 1.93 bits per heavy atom. The van der Waals surface area contributed by atoms with Crippen LogP contribution in [0.2, 0.25) is 0 Å². The topological polar surface area (TPSA) is 97.0 Å². The summed E-state index contributed by atoms with van der Waals surface area (Å²) in [7, 11) is 1.56. The van der Waals surface area contributed by atoms with Crippen LogP contribution in [0, 0.1) is 5.92 Å². The smallest absolute Gasteiger partial charge is 0.407 e. The van der Waals surface area contributed by atoms with E-state index in [1.165, 1.54) is 0 Å². The van der Waals surface area contributed by atoms with Gasteiger partial charge in [0.2, 0.25) is 11.8 Å². The van der Waals surface area contributed by atoms with Crippen LogP contribution in [-0.4, -0.2) is 50.3 Å². The van der Waals surface area contributed by atoms with E-state index in [2.05, 4.69) is 10.6 Å². The van der Waals surface area contributed by atoms with Gasteiger partial charge in [-0.3, -0.25) is 9.59 Å². The number of hydrogen-bond donors (Lipinski definition) is 2. The molecule has 0 bridgehead atoms. The van der Waals surface area contributed by atoms with Crippen molar-refractivity contribution < 1.29 is 23.9 Å². The molecular formula is C19H27N3O5. The number of carbonyl (C=O) groups excluding carboxylic acids is 3. The fraction of sp³-hybridized carbons (Fsp3) is 0.526. The maximum absolute atomic E-state index is 12.3. The van der Waals surface area contributed by atoms with Crippen molar-refractivity contribution >= 4 is 23.6 Å².